The molecule has 86 valence electrons. The summed E-state index contributed by atoms with van der Waals surface area (Å²) in [4.78, 5) is 13.2. The molecule has 16 heavy (non-hydrogen) atoms. The minimum atomic E-state index is -0.534. The molecule has 0 fully saturated rings. The number of hydrogen-bond donors (Lipinski definition) is 1. The monoisotopic (exact) mass is 242 g/mol. The van der Waals surface area contributed by atoms with Crippen molar-refractivity contribution in [2.75, 3.05) is 18.5 Å². The summed E-state index contributed by atoms with van der Waals surface area (Å²) in [5, 5.41) is 3.42. The molecule has 0 aliphatic carbocycles. The van der Waals surface area contributed by atoms with E-state index < -0.39 is 11.9 Å². The van der Waals surface area contributed by atoms with Crippen LogP contribution in [-0.2, 0) is 4.79 Å². The lowest BCUT2D eigenvalue weighted by Gasteiger charge is -2.11. The molecule has 1 amide bonds. The molecule has 0 radical (unpaired) electrons. The van der Waals surface area contributed by atoms with Gasteiger partial charge in [-0.05, 0) is 18.7 Å². The topological polar surface area (TPSA) is 32.3 Å². The van der Waals surface area contributed by atoms with Gasteiger partial charge >= 0.3 is 0 Å². The van der Waals surface area contributed by atoms with Crippen LogP contribution in [0.2, 0.25) is 5.02 Å². The highest BCUT2D eigenvalue weighted by molar-refractivity contribution is 6.32. The zero-order chi connectivity index (χ0) is 11.9. The molecule has 1 aromatic rings. The van der Waals surface area contributed by atoms with Crippen LogP contribution in [0.15, 0.2) is 12.1 Å². The highest BCUT2D eigenvalue weighted by Gasteiger charge is 2.38. The maximum Gasteiger partial charge on any atom is 0.248 e. The van der Waals surface area contributed by atoms with Crippen LogP contribution in [0.3, 0.4) is 0 Å². The first-order valence-corrected chi connectivity index (χ1v) is 5.44. The van der Waals surface area contributed by atoms with Gasteiger partial charge in [-0.2, -0.15) is 0 Å². The molecule has 0 saturated heterocycles. The molecule has 1 N–H and O–H groups in total. The van der Waals surface area contributed by atoms with Crippen molar-refractivity contribution in [3.63, 3.8) is 0 Å². The number of hydrogen-bond acceptors (Lipinski definition) is 2. The average Bonchev–Trinajstić information content (AvgIpc) is 2.50. The molecule has 1 atom stereocenters. The number of anilines is 1. The average molecular weight is 243 g/mol. The predicted octanol–water partition coefficient (Wildman–Crippen LogP) is 2.11. The summed E-state index contributed by atoms with van der Waals surface area (Å²) in [7, 11) is 1.55. The largest absolute Gasteiger partial charge is 0.311 e. The summed E-state index contributed by atoms with van der Waals surface area (Å²) in [5.74, 6) is -0.598. The van der Waals surface area contributed by atoms with Crippen LogP contribution in [-0.4, -0.2) is 19.5 Å². The number of amides is 1. The second kappa shape index (κ2) is 4.03. The minimum Gasteiger partial charge on any atom is -0.311 e. The fourth-order valence-corrected chi connectivity index (χ4v) is 2.25. The van der Waals surface area contributed by atoms with E-state index in [1.807, 2.05) is 6.92 Å². The van der Waals surface area contributed by atoms with E-state index in [2.05, 4.69) is 5.32 Å². The number of nitrogens with one attached hydrogen (secondary N) is 1. The molecule has 1 aliphatic rings. The van der Waals surface area contributed by atoms with Crippen molar-refractivity contribution in [3.05, 3.63) is 28.5 Å². The summed E-state index contributed by atoms with van der Waals surface area (Å²) in [6.45, 7) is 2.51. The van der Waals surface area contributed by atoms with Gasteiger partial charge in [0.05, 0.1) is 5.69 Å². The maximum absolute atomic E-state index is 13.6. The zero-order valence-corrected chi connectivity index (χ0v) is 9.81. The first-order chi connectivity index (χ1) is 7.57. The van der Waals surface area contributed by atoms with Gasteiger partial charge < -0.3 is 10.2 Å². The Morgan fingerprint density at radius 2 is 2.25 bits per heavy atom. The predicted molar refractivity (Wildman–Crippen MR) is 61.2 cm³/mol. The first kappa shape index (κ1) is 11.4. The standard InChI is InChI=1S/C11H12ClFN2O/c1-3-14-9-8-6(12)4-5-7(13)10(8)15(2)11(9)16/h4-5,9,14H,3H2,1-2H3. The summed E-state index contributed by atoms with van der Waals surface area (Å²) < 4.78 is 13.6. The van der Waals surface area contributed by atoms with E-state index in [1.54, 1.807) is 7.05 Å². The number of carbonyl (C=O) groups is 1. The van der Waals surface area contributed by atoms with Gasteiger partial charge in [0, 0.05) is 17.6 Å². The number of halogens is 2. The van der Waals surface area contributed by atoms with Gasteiger partial charge in [0.25, 0.3) is 0 Å². The van der Waals surface area contributed by atoms with Crippen LogP contribution in [0.1, 0.15) is 18.5 Å². The van der Waals surface area contributed by atoms with Crippen molar-refractivity contribution in [2.45, 2.75) is 13.0 Å². The quantitative estimate of drug-likeness (QED) is 0.862. The molecule has 0 saturated carbocycles. The highest BCUT2D eigenvalue weighted by Crippen LogP contribution is 2.41. The van der Waals surface area contributed by atoms with E-state index >= 15 is 0 Å². The van der Waals surface area contributed by atoms with Crippen molar-refractivity contribution in [1.82, 2.24) is 5.32 Å². The molecule has 1 unspecified atom stereocenters. The van der Waals surface area contributed by atoms with E-state index in [0.29, 0.717) is 17.1 Å². The van der Waals surface area contributed by atoms with Crippen LogP contribution in [0.5, 0.6) is 0 Å². The lowest BCUT2D eigenvalue weighted by molar-refractivity contribution is -0.119. The number of nitrogens with zero attached hydrogens (tertiary/aromatic N) is 1. The Morgan fingerprint density at radius 3 is 2.88 bits per heavy atom. The van der Waals surface area contributed by atoms with E-state index in [1.165, 1.54) is 17.0 Å². The number of benzene rings is 1. The van der Waals surface area contributed by atoms with Crippen LogP contribution in [0, 0.1) is 5.82 Å². The van der Waals surface area contributed by atoms with Crippen molar-refractivity contribution >= 4 is 23.2 Å². The molecule has 5 heteroatoms. The van der Waals surface area contributed by atoms with E-state index in [4.69, 9.17) is 11.6 Å². The number of fused-ring (bicyclic) bond motifs is 1. The van der Waals surface area contributed by atoms with Crippen molar-refractivity contribution in [2.24, 2.45) is 0 Å². The highest BCUT2D eigenvalue weighted by atomic mass is 35.5. The Bertz CT molecular complexity index is 450. The third-order valence-corrected chi connectivity index (χ3v) is 3.05. The molecule has 0 spiro atoms. The van der Waals surface area contributed by atoms with Gasteiger partial charge in [-0.25, -0.2) is 4.39 Å². The first-order valence-electron chi connectivity index (χ1n) is 5.06. The van der Waals surface area contributed by atoms with Gasteiger partial charge in [0.1, 0.15) is 11.9 Å². The lowest BCUT2D eigenvalue weighted by atomic mass is 10.1. The summed E-state index contributed by atoms with van der Waals surface area (Å²) >= 11 is 6.02. The van der Waals surface area contributed by atoms with Crippen LogP contribution in [0.25, 0.3) is 0 Å². The van der Waals surface area contributed by atoms with Gasteiger partial charge in [0.2, 0.25) is 5.91 Å². The van der Waals surface area contributed by atoms with Gasteiger partial charge in [-0.3, -0.25) is 4.79 Å². The Balaban J connectivity index is 2.60. The van der Waals surface area contributed by atoms with Gasteiger partial charge in [0.15, 0.2) is 0 Å². The second-order valence-electron chi connectivity index (χ2n) is 3.68. The molecule has 1 aliphatic heterocycles. The summed E-state index contributed by atoms with van der Waals surface area (Å²) in [6, 6.07) is 2.22. The fourth-order valence-electron chi connectivity index (χ4n) is 1.99. The van der Waals surface area contributed by atoms with Crippen molar-refractivity contribution in [1.29, 1.82) is 0 Å². The molecule has 0 bridgehead atoms. The molecule has 1 aromatic carbocycles. The Morgan fingerprint density at radius 1 is 1.56 bits per heavy atom. The van der Waals surface area contributed by atoms with Crippen molar-refractivity contribution in [3.8, 4) is 0 Å². The normalized spacial score (nSPS) is 19.1. The Labute approximate surface area is 98.2 Å². The third-order valence-electron chi connectivity index (χ3n) is 2.72. The molecule has 2 rings (SSSR count). The molecule has 3 nitrogen and oxygen atoms in total. The van der Waals surface area contributed by atoms with Crippen LogP contribution in [0.4, 0.5) is 10.1 Å². The SMILES string of the molecule is CCNC1C(=O)N(C)c2c(F)ccc(Cl)c21. The summed E-state index contributed by atoms with van der Waals surface area (Å²) in [5.41, 5.74) is 0.819. The number of rotatable bonds is 2. The van der Waals surface area contributed by atoms with Gasteiger partial charge in [-0.15, -0.1) is 0 Å². The summed E-state index contributed by atoms with van der Waals surface area (Å²) in [6.07, 6.45) is 0. The zero-order valence-electron chi connectivity index (χ0n) is 9.05. The van der Waals surface area contributed by atoms with E-state index in [-0.39, 0.29) is 11.6 Å². The van der Waals surface area contributed by atoms with Crippen LogP contribution >= 0.6 is 11.6 Å². The van der Waals surface area contributed by atoms with Crippen molar-refractivity contribution < 1.29 is 9.18 Å². The molecule has 0 aromatic heterocycles. The third kappa shape index (κ3) is 1.49. The number of carbonyl (C=O) groups excluding carboxylic acids is 1. The second-order valence-corrected chi connectivity index (χ2v) is 4.09. The van der Waals surface area contributed by atoms with Gasteiger partial charge in [-0.1, -0.05) is 18.5 Å². The lowest BCUT2D eigenvalue weighted by Crippen LogP contribution is -2.32. The molecular formula is C11H12ClFN2O. The Kier molecular flexibility index (Phi) is 2.86. The number of likely N-dealkylation sites (N-methyl/N-ethyl adjacent to an activating group) is 2. The Hall–Kier alpha value is -1.13. The molecule has 1 heterocycles. The van der Waals surface area contributed by atoms with E-state index in [9.17, 15) is 9.18 Å². The smallest absolute Gasteiger partial charge is 0.248 e. The molecular weight excluding hydrogens is 231 g/mol. The van der Waals surface area contributed by atoms with Crippen LogP contribution < -0.4 is 10.2 Å². The fraction of sp³-hybridized carbons (Fsp3) is 0.364. The maximum atomic E-state index is 13.6. The minimum absolute atomic E-state index is 0.177. The van der Waals surface area contributed by atoms with E-state index in [0.717, 1.165) is 0 Å².